The van der Waals surface area contributed by atoms with E-state index in [1.165, 1.54) is 10.4 Å². The Bertz CT molecular complexity index is 960. The van der Waals surface area contributed by atoms with E-state index >= 15 is 0 Å². The second-order valence-corrected chi connectivity index (χ2v) is 9.94. The summed E-state index contributed by atoms with van der Waals surface area (Å²) in [6.45, 7) is 2.36. The van der Waals surface area contributed by atoms with Gasteiger partial charge in [0.05, 0.1) is 12.2 Å². The zero-order valence-electron chi connectivity index (χ0n) is 14.8. The third kappa shape index (κ3) is 2.77. The second kappa shape index (κ2) is 6.48. The summed E-state index contributed by atoms with van der Waals surface area (Å²) in [6, 6.07) is 7.18. The van der Waals surface area contributed by atoms with Gasteiger partial charge in [-0.05, 0) is 42.0 Å². The predicted molar refractivity (Wildman–Crippen MR) is 101 cm³/mol. The Morgan fingerprint density at radius 1 is 1.04 bits per heavy atom. The molecule has 0 unspecified atom stereocenters. The van der Waals surface area contributed by atoms with Crippen LogP contribution in [0.5, 0.6) is 11.5 Å². The number of benzene rings is 1. The van der Waals surface area contributed by atoms with Gasteiger partial charge in [0.1, 0.15) is 18.1 Å². The summed E-state index contributed by atoms with van der Waals surface area (Å²) in [5.74, 6) is 0.826. The molecule has 8 heteroatoms. The monoisotopic (exact) mass is 407 g/mol. The van der Waals surface area contributed by atoms with Crippen molar-refractivity contribution in [1.82, 2.24) is 4.31 Å². The zero-order valence-corrected chi connectivity index (χ0v) is 16.5. The lowest BCUT2D eigenvalue weighted by Gasteiger charge is -2.43. The topological polar surface area (TPSA) is 65.1 Å². The molecule has 0 bridgehead atoms. The normalized spacial score (nSPS) is 21.8. The van der Waals surface area contributed by atoms with Crippen molar-refractivity contribution in [2.75, 3.05) is 32.9 Å². The maximum atomic E-state index is 13.3. The van der Waals surface area contributed by atoms with Gasteiger partial charge < -0.3 is 14.2 Å². The molecule has 6 nitrogen and oxygen atoms in total. The minimum Gasteiger partial charge on any atom is -0.486 e. The number of para-hydroxylation sites is 1. The summed E-state index contributed by atoms with van der Waals surface area (Å²) in [5, 5.41) is 2.11. The lowest BCUT2D eigenvalue weighted by molar-refractivity contribution is -0.0882. The van der Waals surface area contributed by atoms with Gasteiger partial charge in [0, 0.05) is 24.4 Å². The Balaban J connectivity index is 1.42. The van der Waals surface area contributed by atoms with E-state index in [0.29, 0.717) is 57.3 Å². The first-order valence-electron chi connectivity index (χ1n) is 9.20. The second-order valence-electron chi connectivity index (χ2n) is 7.03. The molecule has 27 heavy (non-hydrogen) atoms. The minimum atomic E-state index is -3.65. The van der Waals surface area contributed by atoms with Crippen LogP contribution < -0.4 is 9.47 Å². The van der Waals surface area contributed by atoms with Gasteiger partial charge in [0.2, 0.25) is 10.0 Å². The molecule has 4 heterocycles. The standard InChI is InChI=1S/C19H21NO5S2/c21-27(22,17-3-1-2-15-18(17)24-12-11-23-15)20-8-6-19(7-9-20)14-5-13-26-16(14)4-10-25-19/h1-3,5,13H,4,6-12H2. The minimum absolute atomic E-state index is 0.191. The molecular formula is C19H21NO5S2. The number of hydrogen-bond acceptors (Lipinski definition) is 6. The quantitative estimate of drug-likeness (QED) is 0.766. The van der Waals surface area contributed by atoms with Crippen LogP contribution in [0.4, 0.5) is 0 Å². The fourth-order valence-corrected chi connectivity index (χ4v) is 6.78. The Morgan fingerprint density at radius 3 is 2.70 bits per heavy atom. The predicted octanol–water partition coefficient (Wildman–Crippen LogP) is 2.77. The molecule has 1 saturated heterocycles. The molecule has 1 fully saturated rings. The largest absolute Gasteiger partial charge is 0.486 e. The SMILES string of the molecule is O=S(=O)(c1cccc2c1OCCO2)N1CCC2(CC1)OCCc1sccc12. The highest BCUT2D eigenvalue weighted by Crippen LogP contribution is 2.45. The highest BCUT2D eigenvalue weighted by molar-refractivity contribution is 7.89. The van der Waals surface area contributed by atoms with E-state index < -0.39 is 10.0 Å². The van der Waals surface area contributed by atoms with Crippen molar-refractivity contribution in [3.8, 4) is 11.5 Å². The van der Waals surface area contributed by atoms with E-state index in [9.17, 15) is 8.42 Å². The summed E-state index contributed by atoms with van der Waals surface area (Å²) >= 11 is 1.77. The van der Waals surface area contributed by atoms with E-state index in [1.54, 1.807) is 33.8 Å². The molecule has 2 aromatic rings. The van der Waals surface area contributed by atoms with Crippen LogP contribution in [0.15, 0.2) is 34.5 Å². The van der Waals surface area contributed by atoms with E-state index in [2.05, 4.69) is 11.4 Å². The number of ether oxygens (including phenoxy) is 3. The Kier molecular flexibility index (Phi) is 4.19. The molecule has 0 N–H and O–H groups in total. The van der Waals surface area contributed by atoms with Gasteiger partial charge in [-0.25, -0.2) is 8.42 Å². The lowest BCUT2D eigenvalue weighted by Crippen LogP contribution is -2.48. The fraction of sp³-hybridized carbons (Fsp3) is 0.474. The number of piperidine rings is 1. The average molecular weight is 408 g/mol. The summed E-state index contributed by atoms with van der Waals surface area (Å²) < 4.78 is 45.5. The van der Waals surface area contributed by atoms with Gasteiger partial charge >= 0.3 is 0 Å². The highest BCUT2D eigenvalue weighted by atomic mass is 32.2. The molecule has 0 amide bonds. The van der Waals surface area contributed by atoms with Gasteiger partial charge in [0.15, 0.2) is 11.5 Å². The third-order valence-electron chi connectivity index (χ3n) is 5.62. The van der Waals surface area contributed by atoms with Gasteiger partial charge in [0.25, 0.3) is 0 Å². The molecule has 1 spiro atoms. The number of nitrogens with zero attached hydrogens (tertiary/aromatic N) is 1. The van der Waals surface area contributed by atoms with Crippen molar-refractivity contribution in [2.45, 2.75) is 29.8 Å². The number of fused-ring (bicyclic) bond motifs is 3. The van der Waals surface area contributed by atoms with Crippen molar-refractivity contribution >= 4 is 21.4 Å². The Hall–Kier alpha value is -1.61. The van der Waals surface area contributed by atoms with Crippen molar-refractivity contribution in [3.05, 3.63) is 40.1 Å². The highest BCUT2D eigenvalue weighted by Gasteiger charge is 2.44. The van der Waals surface area contributed by atoms with Crippen LogP contribution in [0.3, 0.4) is 0 Å². The summed E-state index contributed by atoms with van der Waals surface area (Å²) in [4.78, 5) is 1.57. The average Bonchev–Trinajstić information content (AvgIpc) is 3.18. The first kappa shape index (κ1) is 17.5. The Morgan fingerprint density at radius 2 is 1.85 bits per heavy atom. The molecule has 5 rings (SSSR count). The molecule has 0 atom stereocenters. The summed E-state index contributed by atoms with van der Waals surface area (Å²) in [5.41, 5.74) is 0.916. The fourth-order valence-electron chi connectivity index (χ4n) is 4.25. The smallest absolute Gasteiger partial charge is 0.246 e. The summed E-state index contributed by atoms with van der Waals surface area (Å²) in [6.07, 6.45) is 2.29. The molecular weight excluding hydrogens is 386 g/mol. The van der Waals surface area contributed by atoms with Crippen LogP contribution in [0.25, 0.3) is 0 Å². The molecule has 0 aliphatic carbocycles. The van der Waals surface area contributed by atoms with Crippen LogP contribution >= 0.6 is 11.3 Å². The van der Waals surface area contributed by atoms with Crippen LogP contribution in [-0.2, 0) is 26.8 Å². The molecule has 0 saturated carbocycles. The van der Waals surface area contributed by atoms with Crippen LogP contribution in [0.2, 0.25) is 0 Å². The van der Waals surface area contributed by atoms with Gasteiger partial charge in [-0.1, -0.05) is 6.07 Å². The number of hydrogen-bond donors (Lipinski definition) is 0. The van der Waals surface area contributed by atoms with Crippen molar-refractivity contribution < 1.29 is 22.6 Å². The molecule has 3 aliphatic heterocycles. The molecule has 3 aliphatic rings. The van der Waals surface area contributed by atoms with Crippen molar-refractivity contribution in [1.29, 1.82) is 0 Å². The molecule has 1 aromatic heterocycles. The van der Waals surface area contributed by atoms with Crippen LogP contribution in [-0.4, -0.2) is 45.6 Å². The maximum Gasteiger partial charge on any atom is 0.246 e. The number of thiophene rings is 1. The number of sulfonamides is 1. The van der Waals surface area contributed by atoms with Gasteiger partial charge in [-0.3, -0.25) is 0 Å². The van der Waals surface area contributed by atoms with Crippen molar-refractivity contribution in [3.63, 3.8) is 0 Å². The Labute approximate surface area is 162 Å². The van der Waals surface area contributed by atoms with Crippen LogP contribution in [0, 0.1) is 0 Å². The third-order valence-corrected chi connectivity index (χ3v) is 8.52. The zero-order chi connectivity index (χ0) is 18.5. The van der Waals surface area contributed by atoms with E-state index in [0.717, 1.165) is 6.42 Å². The first-order chi connectivity index (χ1) is 13.1. The van der Waals surface area contributed by atoms with Gasteiger partial charge in [-0.15, -0.1) is 11.3 Å². The summed E-state index contributed by atoms with van der Waals surface area (Å²) in [7, 11) is -3.65. The first-order valence-corrected chi connectivity index (χ1v) is 11.5. The van der Waals surface area contributed by atoms with Crippen molar-refractivity contribution in [2.24, 2.45) is 0 Å². The van der Waals surface area contributed by atoms with E-state index in [1.807, 2.05) is 0 Å². The van der Waals surface area contributed by atoms with Gasteiger partial charge in [-0.2, -0.15) is 4.31 Å². The van der Waals surface area contributed by atoms with Crippen LogP contribution in [0.1, 0.15) is 23.3 Å². The van der Waals surface area contributed by atoms with E-state index in [-0.39, 0.29) is 10.5 Å². The maximum absolute atomic E-state index is 13.3. The molecule has 0 radical (unpaired) electrons. The molecule has 1 aromatic carbocycles. The van der Waals surface area contributed by atoms with E-state index in [4.69, 9.17) is 14.2 Å². The lowest BCUT2D eigenvalue weighted by atomic mass is 9.83. The molecule has 144 valence electrons. The number of rotatable bonds is 2.